The lowest BCUT2D eigenvalue weighted by molar-refractivity contribution is -0.113. The number of sulfonamides is 1. The molecule has 1 N–H and O–H groups in total. The molecule has 1 amide bonds. The lowest BCUT2D eigenvalue weighted by Gasteiger charge is -2.22. The minimum atomic E-state index is -3.55. The number of halogens is 1. The fraction of sp³-hybridized carbons (Fsp3) is 0.286. The third-order valence-electron chi connectivity index (χ3n) is 4.58. The monoisotopic (exact) mass is 477 g/mol. The summed E-state index contributed by atoms with van der Waals surface area (Å²) in [5.74, 6) is -0.107. The van der Waals surface area contributed by atoms with E-state index < -0.39 is 10.0 Å². The van der Waals surface area contributed by atoms with Gasteiger partial charge in [-0.05, 0) is 50.2 Å². The summed E-state index contributed by atoms with van der Waals surface area (Å²) in [5.41, 5.74) is 2.06. The fourth-order valence-corrected chi connectivity index (χ4v) is 4.64. The van der Waals surface area contributed by atoms with Crippen molar-refractivity contribution in [1.29, 1.82) is 0 Å². The summed E-state index contributed by atoms with van der Waals surface area (Å²) in [6.07, 6.45) is 1.15. The maximum absolute atomic E-state index is 13.0. The van der Waals surface area contributed by atoms with E-state index in [1.807, 2.05) is 26.0 Å². The van der Waals surface area contributed by atoms with Gasteiger partial charge in [0.1, 0.15) is 5.82 Å². The Labute approximate surface area is 190 Å². The summed E-state index contributed by atoms with van der Waals surface area (Å²) in [4.78, 5) is 12.2. The highest BCUT2D eigenvalue weighted by Gasteiger charge is 2.22. The molecule has 3 rings (SSSR count). The molecule has 0 aliphatic heterocycles. The van der Waals surface area contributed by atoms with Crippen LogP contribution >= 0.6 is 11.8 Å². The van der Waals surface area contributed by atoms with Gasteiger partial charge in [-0.15, -0.1) is 10.2 Å². The second kappa shape index (κ2) is 10.1. The van der Waals surface area contributed by atoms with Gasteiger partial charge in [0.2, 0.25) is 15.9 Å². The molecular formula is C21H24FN5O3S2. The Bertz CT molecular complexity index is 1180. The van der Waals surface area contributed by atoms with Crippen LogP contribution in [0, 0.1) is 12.7 Å². The first kappa shape index (κ1) is 23.7. The number of anilines is 2. The number of thioether (sulfide) groups is 1. The molecule has 0 saturated heterocycles. The van der Waals surface area contributed by atoms with Crippen LogP contribution < -0.4 is 9.62 Å². The van der Waals surface area contributed by atoms with E-state index >= 15 is 0 Å². The molecule has 170 valence electrons. The fourth-order valence-electron chi connectivity index (χ4n) is 2.96. The number of carbonyl (C=O) groups excluding carboxylic acids is 1. The summed E-state index contributed by atoms with van der Waals surface area (Å²) < 4.78 is 40.9. The maximum Gasteiger partial charge on any atom is 0.234 e. The number of nitrogens with zero attached hydrogens (tertiary/aromatic N) is 4. The predicted molar refractivity (Wildman–Crippen MR) is 124 cm³/mol. The van der Waals surface area contributed by atoms with Gasteiger partial charge in [0.25, 0.3) is 0 Å². The Morgan fingerprint density at radius 2 is 1.78 bits per heavy atom. The van der Waals surface area contributed by atoms with Crippen LogP contribution in [0.3, 0.4) is 0 Å². The summed E-state index contributed by atoms with van der Waals surface area (Å²) in [5, 5.41) is 11.5. The number of amides is 1. The van der Waals surface area contributed by atoms with Crippen LogP contribution in [0.4, 0.5) is 15.8 Å². The molecular weight excluding hydrogens is 453 g/mol. The van der Waals surface area contributed by atoms with Crippen LogP contribution in [0.5, 0.6) is 0 Å². The van der Waals surface area contributed by atoms with Crippen LogP contribution in [0.1, 0.15) is 18.3 Å². The SMILES string of the molecule is CCn1c(CN(c2ccc(C)cc2)S(C)(=O)=O)nnc1SCC(=O)Nc1ccc(F)cc1. The first-order valence-electron chi connectivity index (χ1n) is 9.82. The van der Waals surface area contributed by atoms with Crippen molar-refractivity contribution >= 4 is 39.1 Å². The molecule has 32 heavy (non-hydrogen) atoms. The van der Waals surface area contributed by atoms with Gasteiger partial charge in [-0.1, -0.05) is 29.5 Å². The Balaban J connectivity index is 1.72. The number of rotatable bonds is 9. The van der Waals surface area contributed by atoms with Crippen molar-refractivity contribution in [2.45, 2.75) is 32.1 Å². The highest BCUT2D eigenvalue weighted by Crippen LogP contribution is 2.23. The van der Waals surface area contributed by atoms with Crippen LogP contribution in [-0.2, 0) is 27.9 Å². The third kappa shape index (κ3) is 6.07. The Hall–Kier alpha value is -2.92. The molecule has 3 aromatic rings. The van der Waals surface area contributed by atoms with E-state index in [2.05, 4.69) is 15.5 Å². The van der Waals surface area contributed by atoms with Gasteiger partial charge < -0.3 is 9.88 Å². The van der Waals surface area contributed by atoms with E-state index in [9.17, 15) is 17.6 Å². The van der Waals surface area contributed by atoms with Gasteiger partial charge in [-0.25, -0.2) is 12.8 Å². The van der Waals surface area contributed by atoms with E-state index in [4.69, 9.17) is 0 Å². The Kier molecular flexibility index (Phi) is 7.52. The van der Waals surface area contributed by atoms with Gasteiger partial charge in [0.15, 0.2) is 11.0 Å². The number of carbonyl (C=O) groups is 1. The van der Waals surface area contributed by atoms with Gasteiger partial charge in [0, 0.05) is 12.2 Å². The maximum atomic E-state index is 13.0. The number of benzene rings is 2. The van der Waals surface area contributed by atoms with Gasteiger partial charge in [-0.2, -0.15) is 0 Å². The highest BCUT2D eigenvalue weighted by molar-refractivity contribution is 7.99. The summed E-state index contributed by atoms with van der Waals surface area (Å²) >= 11 is 1.19. The number of hydrogen-bond acceptors (Lipinski definition) is 6. The summed E-state index contributed by atoms with van der Waals surface area (Å²) in [6, 6.07) is 12.7. The number of aryl methyl sites for hydroxylation is 1. The quantitative estimate of drug-likeness (QED) is 0.474. The first-order chi connectivity index (χ1) is 15.2. The lowest BCUT2D eigenvalue weighted by Crippen LogP contribution is -2.30. The van der Waals surface area contributed by atoms with E-state index in [-0.39, 0.29) is 24.0 Å². The number of nitrogens with one attached hydrogen (secondary N) is 1. The minimum Gasteiger partial charge on any atom is -0.325 e. The van der Waals surface area contributed by atoms with E-state index in [0.717, 1.165) is 11.8 Å². The summed E-state index contributed by atoms with van der Waals surface area (Å²) in [6.45, 7) is 4.35. The Morgan fingerprint density at radius 1 is 1.12 bits per heavy atom. The zero-order chi connectivity index (χ0) is 23.3. The van der Waals surface area contributed by atoms with E-state index in [1.165, 1.54) is 40.3 Å². The summed E-state index contributed by atoms with van der Waals surface area (Å²) in [7, 11) is -3.55. The normalized spacial score (nSPS) is 11.4. The number of aromatic nitrogens is 3. The molecule has 0 aliphatic carbocycles. The molecule has 1 aromatic heterocycles. The Morgan fingerprint density at radius 3 is 2.38 bits per heavy atom. The average Bonchev–Trinajstić information content (AvgIpc) is 3.14. The van der Waals surface area contributed by atoms with Gasteiger partial charge >= 0.3 is 0 Å². The molecule has 0 unspecified atom stereocenters. The molecule has 0 atom stereocenters. The van der Waals surface area contributed by atoms with Crippen molar-refractivity contribution in [3.8, 4) is 0 Å². The smallest absolute Gasteiger partial charge is 0.234 e. The van der Waals surface area contributed by atoms with Crippen molar-refractivity contribution in [1.82, 2.24) is 14.8 Å². The molecule has 1 heterocycles. The van der Waals surface area contributed by atoms with E-state index in [0.29, 0.717) is 28.9 Å². The second-order valence-electron chi connectivity index (χ2n) is 7.09. The van der Waals surface area contributed by atoms with Crippen molar-refractivity contribution < 1.29 is 17.6 Å². The predicted octanol–water partition coefficient (Wildman–Crippen LogP) is 3.44. The molecule has 8 nitrogen and oxygen atoms in total. The van der Waals surface area contributed by atoms with Crippen molar-refractivity contribution in [3.05, 3.63) is 65.7 Å². The molecule has 0 aliphatic rings. The molecule has 11 heteroatoms. The van der Waals surface area contributed by atoms with Crippen LogP contribution in [0.15, 0.2) is 53.7 Å². The number of hydrogen-bond donors (Lipinski definition) is 1. The lowest BCUT2D eigenvalue weighted by atomic mass is 10.2. The zero-order valence-electron chi connectivity index (χ0n) is 17.9. The third-order valence-corrected chi connectivity index (χ3v) is 6.68. The molecule has 0 bridgehead atoms. The molecule has 0 spiro atoms. The molecule has 0 saturated carbocycles. The van der Waals surface area contributed by atoms with Crippen LogP contribution in [-0.4, -0.2) is 41.1 Å². The molecule has 0 radical (unpaired) electrons. The van der Waals surface area contributed by atoms with Gasteiger partial charge in [-0.3, -0.25) is 9.10 Å². The topological polar surface area (TPSA) is 97.2 Å². The van der Waals surface area contributed by atoms with E-state index in [1.54, 1.807) is 16.7 Å². The van der Waals surface area contributed by atoms with Crippen molar-refractivity contribution in [3.63, 3.8) is 0 Å². The van der Waals surface area contributed by atoms with Crippen LogP contribution in [0.2, 0.25) is 0 Å². The van der Waals surface area contributed by atoms with Gasteiger partial charge in [0.05, 0.1) is 24.2 Å². The standard InChI is InChI=1S/C21H24FN5O3S2/c1-4-26-19(13-27(32(3,29)30)18-11-5-15(2)6-12-18)24-25-21(26)31-14-20(28)23-17-9-7-16(22)8-10-17/h5-12H,4,13-14H2,1-3H3,(H,23,28). The second-order valence-corrected chi connectivity index (χ2v) is 9.94. The highest BCUT2D eigenvalue weighted by atomic mass is 32.2. The minimum absolute atomic E-state index is 0.0189. The first-order valence-corrected chi connectivity index (χ1v) is 12.7. The molecule has 2 aromatic carbocycles. The van der Waals surface area contributed by atoms with Crippen LogP contribution in [0.25, 0.3) is 0 Å². The molecule has 0 fully saturated rings. The largest absolute Gasteiger partial charge is 0.325 e. The zero-order valence-corrected chi connectivity index (χ0v) is 19.6. The van der Waals surface area contributed by atoms with Crippen molar-refractivity contribution in [2.75, 3.05) is 21.6 Å². The average molecular weight is 478 g/mol. The van der Waals surface area contributed by atoms with Crippen molar-refractivity contribution in [2.24, 2.45) is 0 Å².